The highest BCUT2D eigenvalue weighted by molar-refractivity contribution is 6.36. The van der Waals surface area contributed by atoms with Gasteiger partial charge in [-0.2, -0.15) is 10.5 Å². The molecular weight excluding hydrogens is 319 g/mol. The molecule has 0 unspecified atom stereocenters. The lowest BCUT2D eigenvalue weighted by Gasteiger charge is -2.23. The van der Waals surface area contributed by atoms with Crippen LogP contribution in [0.1, 0.15) is 11.5 Å². The Kier molecular flexibility index (Phi) is 5.54. The van der Waals surface area contributed by atoms with E-state index >= 15 is 0 Å². The summed E-state index contributed by atoms with van der Waals surface area (Å²) in [6.07, 6.45) is 0. The molecule has 0 aromatic heterocycles. The lowest BCUT2D eigenvalue weighted by atomic mass is 9.77. The molecule has 8 heteroatoms. The van der Waals surface area contributed by atoms with Gasteiger partial charge in [-0.25, -0.2) is 0 Å². The van der Waals surface area contributed by atoms with Gasteiger partial charge in [0.25, 0.3) is 0 Å². The summed E-state index contributed by atoms with van der Waals surface area (Å²) in [7, 11) is 0. The van der Waals surface area contributed by atoms with E-state index < -0.39 is 29.7 Å². The average molecular weight is 327 g/mol. The second-order valence-corrected chi connectivity index (χ2v) is 4.87. The molecule has 0 aliphatic carbocycles. The van der Waals surface area contributed by atoms with Gasteiger partial charge in [0.1, 0.15) is 0 Å². The topological polar surface area (TPSA) is 122 Å². The van der Waals surface area contributed by atoms with E-state index in [9.17, 15) is 9.59 Å². The predicted molar refractivity (Wildman–Crippen MR) is 72.7 cm³/mol. The lowest BCUT2D eigenvalue weighted by Crippen LogP contribution is -2.31. The van der Waals surface area contributed by atoms with Crippen molar-refractivity contribution in [2.45, 2.75) is 5.92 Å². The van der Waals surface area contributed by atoms with Gasteiger partial charge in [0.05, 0.1) is 12.1 Å². The van der Waals surface area contributed by atoms with E-state index in [0.29, 0.717) is 0 Å². The second kappa shape index (κ2) is 6.94. The van der Waals surface area contributed by atoms with Crippen LogP contribution in [-0.4, -0.2) is 22.2 Å². The minimum absolute atomic E-state index is 0.00417. The number of hydrogen-bond donors (Lipinski definition) is 2. The van der Waals surface area contributed by atoms with E-state index in [0.717, 1.165) is 0 Å². The van der Waals surface area contributed by atoms with Crippen molar-refractivity contribution in [1.29, 1.82) is 10.5 Å². The van der Waals surface area contributed by atoms with Crippen molar-refractivity contribution in [2.75, 3.05) is 0 Å². The van der Waals surface area contributed by atoms with E-state index in [2.05, 4.69) is 0 Å². The number of nitrogens with zero attached hydrogens (tertiary/aromatic N) is 2. The molecule has 1 aromatic carbocycles. The summed E-state index contributed by atoms with van der Waals surface area (Å²) in [5.41, 5.74) is -0.0382. The molecule has 0 aliphatic heterocycles. The van der Waals surface area contributed by atoms with Crippen LogP contribution in [0.15, 0.2) is 18.2 Å². The Balaban J connectivity index is 3.60. The quantitative estimate of drug-likeness (QED) is 0.857. The fourth-order valence-electron chi connectivity index (χ4n) is 1.93. The van der Waals surface area contributed by atoms with Gasteiger partial charge in [0, 0.05) is 16.0 Å². The van der Waals surface area contributed by atoms with Crippen LogP contribution in [0.3, 0.4) is 0 Å². The molecule has 0 amide bonds. The molecule has 0 heterocycles. The standard InChI is InChI=1S/C13H8Cl2N2O4/c14-8-2-1-3-9(15)11(8)10(6(4-16)12(18)19)7(5-17)13(20)21/h1-3,6-7,10H,(H,18,19)(H,20,21)/t6-,7-/m0/s1. The minimum atomic E-state index is -1.77. The van der Waals surface area contributed by atoms with Crippen LogP contribution < -0.4 is 0 Å². The molecule has 21 heavy (non-hydrogen) atoms. The Morgan fingerprint density at radius 3 is 1.67 bits per heavy atom. The van der Waals surface area contributed by atoms with Gasteiger partial charge in [0.2, 0.25) is 0 Å². The van der Waals surface area contributed by atoms with E-state index in [-0.39, 0.29) is 15.6 Å². The molecule has 0 aliphatic rings. The number of nitriles is 2. The van der Waals surface area contributed by atoms with Crippen LogP contribution in [0.25, 0.3) is 0 Å². The summed E-state index contributed by atoms with van der Waals surface area (Å²) in [6.45, 7) is 0. The molecule has 1 rings (SSSR count). The maximum Gasteiger partial charge on any atom is 0.321 e. The van der Waals surface area contributed by atoms with Crippen molar-refractivity contribution in [2.24, 2.45) is 11.8 Å². The van der Waals surface area contributed by atoms with Crippen LogP contribution in [0.5, 0.6) is 0 Å². The van der Waals surface area contributed by atoms with Crippen molar-refractivity contribution in [3.63, 3.8) is 0 Å². The van der Waals surface area contributed by atoms with E-state index in [1.54, 1.807) is 0 Å². The summed E-state index contributed by atoms with van der Waals surface area (Å²) < 4.78 is 0. The zero-order valence-corrected chi connectivity index (χ0v) is 11.8. The van der Waals surface area contributed by atoms with Crippen molar-refractivity contribution in [3.05, 3.63) is 33.8 Å². The monoisotopic (exact) mass is 326 g/mol. The van der Waals surface area contributed by atoms with Crippen LogP contribution in [0.2, 0.25) is 10.0 Å². The van der Waals surface area contributed by atoms with Gasteiger partial charge in [-0.15, -0.1) is 0 Å². The highest BCUT2D eigenvalue weighted by Crippen LogP contribution is 2.40. The molecule has 0 bridgehead atoms. The molecule has 0 spiro atoms. The fourth-order valence-corrected chi connectivity index (χ4v) is 2.58. The van der Waals surface area contributed by atoms with E-state index in [1.807, 2.05) is 0 Å². The highest BCUT2D eigenvalue weighted by atomic mass is 35.5. The summed E-state index contributed by atoms with van der Waals surface area (Å²) in [4.78, 5) is 22.4. The number of carboxylic acids is 2. The van der Waals surface area contributed by atoms with Crippen LogP contribution >= 0.6 is 23.2 Å². The SMILES string of the molecule is N#C[C@H](C(=O)O)C(c1c(Cl)cccc1Cl)[C@H](C#N)C(=O)O. The largest absolute Gasteiger partial charge is 0.480 e. The number of halogens is 2. The highest BCUT2D eigenvalue weighted by Gasteiger charge is 2.42. The van der Waals surface area contributed by atoms with Gasteiger partial charge < -0.3 is 10.2 Å². The summed E-state index contributed by atoms with van der Waals surface area (Å²) in [6, 6.07) is 7.22. The third-order valence-electron chi connectivity index (χ3n) is 2.86. The smallest absolute Gasteiger partial charge is 0.321 e. The van der Waals surface area contributed by atoms with Crippen molar-refractivity contribution >= 4 is 35.1 Å². The number of rotatable bonds is 5. The molecule has 2 N–H and O–H groups in total. The average Bonchev–Trinajstić information content (AvgIpc) is 2.38. The number of carbonyl (C=O) groups is 2. The van der Waals surface area contributed by atoms with Crippen molar-refractivity contribution in [3.8, 4) is 12.1 Å². The second-order valence-electron chi connectivity index (χ2n) is 4.05. The molecule has 2 atom stereocenters. The Morgan fingerprint density at radius 2 is 1.38 bits per heavy atom. The molecule has 0 fully saturated rings. The lowest BCUT2D eigenvalue weighted by molar-refractivity contribution is -0.143. The van der Waals surface area contributed by atoms with Crippen molar-refractivity contribution in [1.82, 2.24) is 0 Å². The zero-order chi connectivity index (χ0) is 16.2. The van der Waals surface area contributed by atoms with Crippen LogP contribution in [0, 0.1) is 34.5 Å². The first-order valence-electron chi connectivity index (χ1n) is 5.53. The Bertz CT molecular complexity index is 611. The summed E-state index contributed by atoms with van der Waals surface area (Å²) in [5.74, 6) is -8.15. The molecule has 6 nitrogen and oxygen atoms in total. The number of aliphatic carboxylic acids is 2. The first-order chi connectivity index (χ1) is 9.84. The molecule has 0 radical (unpaired) electrons. The Labute approximate surface area is 129 Å². The number of hydrogen-bond acceptors (Lipinski definition) is 4. The Morgan fingerprint density at radius 1 is 1.00 bits per heavy atom. The maximum absolute atomic E-state index is 11.2. The minimum Gasteiger partial charge on any atom is -0.480 e. The van der Waals surface area contributed by atoms with E-state index in [4.69, 9.17) is 43.9 Å². The normalized spacial score (nSPS) is 13.0. The third kappa shape index (κ3) is 3.43. The van der Waals surface area contributed by atoms with Gasteiger partial charge in [0.15, 0.2) is 11.8 Å². The van der Waals surface area contributed by atoms with Gasteiger partial charge in [-0.05, 0) is 17.7 Å². The van der Waals surface area contributed by atoms with Gasteiger partial charge >= 0.3 is 11.9 Å². The first kappa shape index (κ1) is 16.8. The number of benzene rings is 1. The van der Waals surface area contributed by atoms with Crippen LogP contribution in [-0.2, 0) is 9.59 Å². The van der Waals surface area contributed by atoms with Crippen molar-refractivity contribution < 1.29 is 19.8 Å². The number of carboxylic acid groups (broad SMARTS) is 2. The summed E-state index contributed by atoms with van der Waals surface area (Å²) in [5, 5.41) is 36.2. The zero-order valence-electron chi connectivity index (χ0n) is 10.3. The Hall–Kier alpha value is -2.28. The summed E-state index contributed by atoms with van der Waals surface area (Å²) >= 11 is 11.9. The maximum atomic E-state index is 11.2. The molecule has 108 valence electrons. The first-order valence-corrected chi connectivity index (χ1v) is 6.29. The molecule has 0 saturated carbocycles. The molecular formula is C13H8Cl2N2O4. The molecule has 0 saturated heterocycles. The predicted octanol–water partition coefficient (Wildman–Crippen LogP) is 2.53. The van der Waals surface area contributed by atoms with Crippen LogP contribution in [0.4, 0.5) is 0 Å². The van der Waals surface area contributed by atoms with E-state index in [1.165, 1.54) is 30.3 Å². The molecule has 1 aromatic rings. The van der Waals surface area contributed by atoms with Gasteiger partial charge in [-0.1, -0.05) is 29.3 Å². The van der Waals surface area contributed by atoms with Gasteiger partial charge in [-0.3, -0.25) is 9.59 Å². The third-order valence-corrected chi connectivity index (χ3v) is 3.52. The fraction of sp³-hybridized carbons (Fsp3) is 0.231.